The number of hydrogen-bond acceptors (Lipinski definition) is 3. The third-order valence-corrected chi connectivity index (χ3v) is 6.25. The van der Waals surface area contributed by atoms with Gasteiger partial charge in [-0.05, 0) is 37.0 Å². The summed E-state index contributed by atoms with van der Waals surface area (Å²) in [6, 6.07) is -0.418. The second kappa shape index (κ2) is 3.97. The van der Waals surface area contributed by atoms with Crippen molar-refractivity contribution in [3.63, 3.8) is 0 Å². The largest absolute Gasteiger partial charge is 0.460 e. The molecule has 2 bridgehead atoms. The number of nitrogens with one attached hydrogen (secondary N) is 1. The first-order chi connectivity index (χ1) is 8.84. The van der Waals surface area contributed by atoms with Crippen molar-refractivity contribution in [3.8, 4) is 0 Å². The van der Waals surface area contributed by atoms with Crippen molar-refractivity contribution in [2.24, 2.45) is 16.7 Å². The van der Waals surface area contributed by atoms with Gasteiger partial charge in [0.15, 0.2) is 0 Å². The van der Waals surface area contributed by atoms with Crippen LogP contribution in [-0.4, -0.2) is 24.0 Å². The normalized spacial score (nSPS) is 43.3. The highest BCUT2D eigenvalue weighted by molar-refractivity contribution is 5.88. The number of hydrogen-bond donors (Lipinski definition) is 1. The summed E-state index contributed by atoms with van der Waals surface area (Å²) < 4.78 is 5.76. The van der Waals surface area contributed by atoms with Crippen molar-refractivity contribution >= 4 is 11.9 Å². The first-order valence-corrected chi connectivity index (χ1v) is 7.34. The van der Waals surface area contributed by atoms with E-state index >= 15 is 0 Å². The minimum atomic E-state index is -0.418. The highest BCUT2D eigenvalue weighted by Gasteiger charge is 2.63. The Morgan fingerprint density at radius 3 is 2.53 bits per heavy atom. The zero-order valence-electron chi connectivity index (χ0n) is 12.0. The lowest BCUT2D eigenvalue weighted by Crippen LogP contribution is -2.42. The molecular formula is C15H23NO3. The molecule has 0 spiro atoms. The Balaban J connectivity index is 1.69. The van der Waals surface area contributed by atoms with Crippen molar-refractivity contribution in [2.75, 3.05) is 0 Å². The predicted molar refractivity (Wildman–Crippen MR) is 70.3 cm³/mol. The second-order valence-electron chi connectivity index (χ2n) is 7.19. The van der Waals surface area contributed by atoms with E-state index in [1.54, 1.807) is 0 Å². The number of rotatable bonds is 2. The third kappa shape index (κ3) is 1.72. The topological polar surface area (TPSA) is 55.4 Å². The third-order valence-electron chi connectivity index (χ3n) is 6.25. The summed E-state index contributed by atoms with van der Waals surface area (Å²) >= 11 is 0. The van der Waals surface area contributed by atoms with Crippen LogP contribution >= 0.6 is 0 Å². The molecule has 4 nitrogen and oxygen atoms in total. The monoisotopic (exact) mass is 265 g/mol. The Bertz CT molecular complexity index is 431. The molecule has 1 saturated heterocycles. The Morgan fingerprint density at radius 2 is 2.05 bits per heavy atom. The molecule has 19 heavy (non-hydrogen) atoms. The highest BCUT2D eigenvalue weighted by atomic mass is 16.5. The van der Waals surface area contributed by atoms with Crippen LogP contribution < -0.4 is 5.32 Å². The smallest absolute Gasteiger partial charge is 0.328 e. The fourth-order valence-electron chi connectivity index (χ4n) is 4.32. The average Bonchev–Trinajstić information content (AvgIpc) is 2.91. The molecule has 3 aliphatic rings. The Hall–Kier alpha value is -1.06. The van der Waals surface area contributed by atoms with Crippen molar-refractivity contribution in [1.82, 2.24) is 5.32 Å². The molecule has 1 amide bonds. The van der Waals surface area contributed by atoms with Crippen LogP contribution in [0.5, 0.6) is 0 Å². The van der Waals surface area contributed by atoms with Gasteiger partial charge in [0.05, 0.1) is 0 Å². The van der Waals surface area contributed by atoms with Crippen LogP contribution in [0, 0.1) is 16.7 Å². The van der Waals surface area contributed by atoms with Crippen LogP contribution in [0.1, 0.15) is 52.9 Å². The first kappa shape index (κ1) is 12.9. The summed E-state index contributed by atoms with van der Waals surface area (Å²) in [7, 11) is 0. The van der Waals surface area contributed by atoms with Gasteiger partial charge in [-0.25, -0.2) is 4.79 Å². The van der Waals surface area contributed by atoms with Gasteiger partial charge in [0.2, 0.25) is 5.91 Å². The van der Waals surface area contributed by atoms with E-state index in [1.165, 1.54) is 6.42 Å². The standard InChI is InChI=1S/C15H23NO3/c1-14(2)9-6-7-15(14,3)11(8-9)19-13(18)10-4-5-12(17)16-10/h9-11H,4-8H2,1-3H3,(H,16,17)/t9?,10-,11?,15?/m0/s1. The second-order valence-corrected chi connectivity index (χ2v) is 7.19. The molecule has 1 heterocycles. The number of fused-ring (bicyclic) bond motifs is 2. The Labute approximate surface area is 114 Å². The zero-order chi connectivity index (χ0) is 13.8. The Morgan fingerprint density at radius 1 is 1.32 bits per heavy atom. The van der Waals surface area contributed by atoms with Crippen LogP contribution in [0.15, 0.2) is 0 Å². The fraction of sp³-hybridized carbons (Fsp3) is 0.867. The summed E-state index contributed by atoms with van der Waals surface area (Å²) in [4.78, 5) is 23.3. The summed E-state index contributed by atoms with van der Waals surface area (Å²) in [5, 5.41) is 2.69. The van der Waals surface area contributed by atoms with E-state index in [0.29, 0.717) is 18.8 Å². The van der Waals surface area contributed by atoms with E-state index in [4.69, 9.17) is 4.74 Å². The lowest BCUT2D eigenvalue weighted by atomic mass is 9.70. The molecule has 4 heteroatoms. The van der Waals surface area contributed by atoms with E-state index in [9.17, 15) is 9.59 Å². The lowest BCUT2D eigenvalue weighted by Gasteiger charge is -2.38. The maximum absolute atomic E-state index is 12.1. The van der Waals surface area contributed by atoms with Gasteiger partial charge in [-0.2, -0.15) is 0 Å². The van der Waals surface area contributed by atoms with Gasteiger partial charge in [0, 0.05) is 11.8 Å². The van der Waals surface area contributed by atoms with Crippen LogP contribution in [0.2, 0.25) is 0 Å². The average molecular weight is 265 g/mol. The summed E-state index contributed by atoms with van der Waals surface area (Å²) in [5.74, 6) is 0.385. The van der Waals surface area contributed by atoms with E-state index in [2.05, 4.69) is 26.1 Å². The van der Waals surface area contributed by atoms with Crippen molar-refractivity contribution in [2.45, 2.75) is 65.0 Å². The van der Waals surface area contributed by atoms with E-state index < -0.39 is 6.04 Å². The SMILES string of the molecule is CC1(C)C2CCC1(C)C(OC(=O)[C@@H]1CCC(=O)N1)C2. The van der Waals surface area contributed by atoms with E-state index in [0.717, 1.165) is 12.8 Å². The van der Waals surface area contributed by atoms with Crippen LogP contribution in [0.25, 0.3) is 0 Å². The van der Waals surface area contributed by atoms with Gasteiger partial charge in [0.1, 0.15) is 12.1 Å². The van der Waals surface area contributed by atoms with Crippen LogP contribution in [0.3, 0.4) is 0 Å². The number of carbonyl (C=O) groups excluding carboxylic acids is 2. The molecule has 1 N–H and O–H groups in total. The number of carbonyl (C=O) groups is 2. The van der Waals surface area contributed by atoms with Gasteiger partial charge in [-0.1, -0.05) is 20.8 Å². The van der Waals surface area contributed by atoms with Crippen LogP contribution in [-0.2, 0) is 14.3 Å². The molecule has 1 aliphatic heterocycles. The summed E-state index contributed by atoms with van der Waals surface area (Å²) in [6.07, 6.45) is 4.41. The lowest BCUT2D eigenvalue weighted by molar-refractivity contribution is -0.159. The molecule has 106 valence electrons. The first-order valence-electron chi connectivity index (χ1n) is 7.34. The molecule has 3 fully saturated rings. The van der Waals surface area contributed by atoms with E-state index in [1.807, 2.05) is 0 Å². The van der Waals surface area contributed by atoms with Gasteiger partial charge in [-0.3, -0.25) is 4.79 Å². The minimum Gasteiger partial charge on any atom is -0.460 e. The predicted octanol–water partition coefficient (Wildman–Crippen LogP) is 2.02. The number of amides is 1. The van der Waals surface area contributed by atoms with Gasteiger partial charge in [-0.15, -0.1) is 0 Å². The molecule has 2 aliphatic carbocycles. The number of ether oxygens (including phenoxy) is 1. The quantitative estimate of drug-likeness (QED) is 0.777. The van der Waals surface area contributed by atoms with Crippen molar-refractivity contribution < 1.29 is 14.3 Å². The van der Waals surface area contributed by atoms with Gasteiger partial charge >= 0.3 is 5.97 Å². The molecule has 3 rings (SSSR count). The molecular weight excluding hydrogens is 242 g/mol. The molecule has 0 radical (unpaired) electrons. The zero-order valence-corrected chi connectivity index (χ0v) is 12.0. The maximum atomic E-state index is 12.1. The molecule has 0 aromatic heterocycles. The summed E-state index contributed by atoms with van der Waals surface area (Å²) in [6.45, 7) is 6.86. The van der Waals surface area contributed by atoms with Crippen molar-refractivity contribution in [3.05, 3.63) is 0 Å². The maximum Gasteiger partial charge on any atom is 0.328 e. The highest BCUT2D eigenvalue weighted by Crippen LogP contribution is 2.66. The molecule has 0 aromatic carbocycles. The molecule has 3 unspecified atom stereocenters. The van der Waals surface area contributed by atoms with Gasteiger partial charge < -0.3 is 10.1 Å². The minimum absolute atomic E-state index is 0.0197. The van der Waals surface area contributed by atoms with E-state index in [-0.39, 0.29) is 28.8 Å². The number of esters is 1. The van der Waals surface area contributed by atoms with Crippen molar-refractivity contribution in [1.29, 1.82) is 0 Å². The Kier molecular flexibility index (Phi) is 2.70. The van der Waals surface area contributed by atoms with Crippen LogP contribution in [0.4, 0.5) is 0 Å². The van der Waals surface area contributed by atoms with Gasteiger partial charge in [0.25, 0.3) is 0 Å². The molecule has 2 saturated carbocycles. The fourth-order valence-corrected chi connectivity index (χ4v) is 4.32. The molecule has 4 atom stereocenters. The molecule has 0 aromatic rings. The summed E-state index contributed by atoms with van der Waals surface area (Å²) in [5.41, 5.74) is 0.340.